The zero-order valence-corrected chi connectivity index (χ0v) is 13.1. The number of hydrogen-bond acceptors (Lipinski definition) is 4. The van der Waals surface area contributed by atoms with Crippen molar-refractivity contribution in [3.8, 4) is 5.75 Å². The van der Waals surface area contributed by atoms with Gasteiger partial charge in [0, 0.05) is 32.3 Å². The van der Waals surface area contributed by atoms with E-state index in [0.717, 1.165) is 45.0 Å². The zero-order chi connectivity index (χ0) is 14.8. The third kappa shape index (κ3) is 6.04. The molecular formula is C17H28N2O2. The number of benzene rings is 1. The Morgan fingerprint density at radius 3 is 2.76 bits per heavy atom. The molecule has 4 nitrogen and oxygen atoms in total. The van der Waals surface area contributed by atoms with Crippen LogP contribution in [-0.2, 0) is 11.3 Å². The summed E-state index contributed by atoms with van der Waals surface area (Å²) in [6, 6.07) is 8.28. The summed E-state index contributed by atoms with van der Waals surface area (Å²) in [6.07, 6.45) is 3.82. The molecule has 1 heterocycles. The van der Waals surface area contributed by atoms with Crippen molar-refractivity contribution < 1.29 is 9.47 Å². The van der Waals surface area contributed by atoms with E-state index < -0.39 is 0 Å². The van der Waals surface area contributed by atoms with Gasteiger partial charge in [0.25, 0.3) is 0 Å². The van der Waals surface area contributed by atoms with Gasteiger partial charge in [-0.3, -0.25) is 0 Å². The molecule has 4 heteroatoms. The molecule has 2 rings (SSSR count). The van der Waals surface area contributed by atoms with Crippen LogP contribution in [0.1, 0.15) is 24.8 Å². The van der Waals surface area contributed by atoms with Crippen molar-refractivity contribution >= 4 is 0 Å². The smallest absolute Gasteiger partial charge is 0.123 e. The Morgan fingerprint density at radius 2 is 1.95 bits per heavy atom. The molecule has 0 unspecified atom stereocenters. The predicted octanol–water partition coefficient (Wildman–Crippen LogP) is 2.29. The van der Waals surface area contributed by atoms with Gasteiger partial charge < -0.3 is 19.7 Å². The number of nitrogens with one attached hydrogen (secondary N) is 1. The van der Waals surface area contributed by atoms with Gasteiger partial charge >= 0.3 is 0 Å². The second-order valence-electron chi connectivity index (χ2n) is 5.53. The van der Waals surface area contributed by atoms with Crippen LogP contribution in [0.4, 0.5) is 0 Å². The van der Waals surface area contributed by atoms with E-state index in [4.69, 9.17) is 9.47 Å². The molecule has 0 spiro atoms. The summed E-state index contributed by atoms with van der Waals surface area (Å²) >= 11 is 0. The Balaban J connectivity index is 1.68. The third-order valence-electron chi connectivity index (χ3n) is 3.85. The number of ether oxygens (including phenoxy) is 2. The van der Waals surface area contributed by atoms with Crippen LogP contribution in [0.3, 0.4) is 0 Å². The summed E-state index contributed by atoms with van der Waals surface area (Å²) in [4.78, 5) is 2.53. The lowest BCUT2D eigenvalue weighted by Gasteiger charge is -2.16. The molecule has 118 valence electrons. The van der Waals surface area contributed by atoms with E-state index in [2.05, 4.69) is 28.4 Å². The van der Waals surface area contributed by atoms with Crippen molar-refractivity contribution in [2.75, 3.05) is 46.5 Å². The molecule has 0 bridgehead atoms. The van der Waals surface area contributed by atoms with Crippen molar-refractivity contribution in [2.45, 2.75) is 25.8 Å². The molecule has 1 saturated heterocycles. The van der Waals surface area contributed by atoms with Crippen molar-refractivity contribution in [1.82, 2.24) is 10.2 Å². The van der Waals surface area contributed by atoms with Crippen molar-refractivity contribution in [3.05, 3.63) is 29.8 Å². The van der Waals surface area contributed by atoms with Gasteiger partial charge in [0.1, 0.15) is 5.75 Å². The first-order valence-corrected chi connectivity index (χ1v) is 8.03. The molecule has 0 aliphatic carbocycles. The van der Waals surface area contributed by atoms with Crippen LogP contribution in [0.15, 0.2) is 24.3 Å². The van der Waals surface area contributed by atoms with Gasteiger partial charge in [-0.25, -0.2) is 0 Å². The minimum Gasteiger partial charge on any atom is -0.493 e. The number of rotatable bonds is 10. The fourth-order valence-electron chi connectivity index (χ4n) is 2.66. The Kier molecular flexibility index (Phi) is 7.57. The maximum atomic E-state index is 5.96. The summed E-state index contributed by atoms with van der Waals surface area (Å²) in [6.45, 7) is 6.91. The van der Waals surface area contributed by atoms with E-state index in [1.807, 2.05) is 6.07 Å². The molecule has 1 N–H and O–H groups in total. The van der Waals surface area contributed by atoms with E-state index >= 15 is 0 Å². The van der Waals surface area contributed by atoms with Crippen LogP contribution in [0.5, 0.6) is 5.75 Å². The quantitative estimate of drug-likeness (QED) is 0.671. The molecule has 0 aromatic heterocycles. The largest absolute Gasteiger partial charge is 0.493 e. The van der Waals surface area contributed by atoms with Crippen LogP contribution in [0.2, 0.25) is 0 Å². The molecule has 1 aromatic rings. The molecule has 0 radical (unpaired) electrons. The molecule has 1 fully saturated rings. The van der Waals surface area contributed by atoms with Crippen LogP contribution in [0.25, 0.3) is 0 Å². The van der Waals surface area contributed by atoms with Crippen LogP contribution < -0.4 is 10.1 Å². The SMILES string of the molecule is COCCNCc1ccccc1OCCCN1CCCC1. The molecule has 1 aromatic carbocycles. The van der Waals surface area contributed by atoms with Crippen molar-refractivity contribution in [1.29, 1.82) is 0 Å². The molecule has 1 aliphatic rings. The molecule has 0 atom stereocenters. The molecule has 1 aliphatic heterocycles. The summed E-state index contributed by atoms with van der Waals surface area (Å²) in [5.74, 6) is 1.00. The second kappa shape index (κ2) is 9.77. The van der Waals surface area contributed by atoms with Gasteiger partial charge in [-0.2, -0.15) is 0 Å². The van der Waals surface area contributed by atoms with Gasteiger partial charge in [0.2, 0.25) is 0 Å². The van der Waals surface area contributed by atoms with Crippen LogP contribution in [-0.4, -0.2) is 51.4 Å². The lowest BCUT2D eigenvalue weighted by molar-refractivity contribution is 0.199. The highest BCUT2D eigenvalue weighted by Crippen LogP contribution is 2.18. The molecular weight excluding hydrogens is 264 g/mol. The van der Waals surface area contributed by atoms with Crippen molar-refractivity contribution in [2.24, 2.45) is 0 Å². The van der Waals surface area contributed by atoms with E-state index in [9.17, 15) is 0 Å². The average molecular weight is 292 g/mol. The van der Waals surface area contributed by atoms with Crippen LogP contribution in [0, 0.1) is 0 Å². The fraction of sp³-hybridized carbons (Fsp3) is 0.647. The molecule has 0 amide bonds. The topological polar surface area (TPSA) is 33.7 Å². The van der Waals surface area contributed by atoms with Gasteiger partial charge in [-0.15, -0.1) is 0 Å². The highest BCUT2D eigenvalue weighted by Gasteiger charge is 2.10. The third-order valence-corrected chi connectivity index (χ3v) is 3.85. The summed E-state index contributed by atoms with van der Waals surface area (Å²) in [7, 11) is 1.72. The first-order valence-electron chi connectivity index (χ1n) is 8.03. The minimum atomic E-state index is 0.735. The normalized spacial score (nSPS) is 15.5. The lowest BCUT2D eigenvalue weighted by atomic mass is 10.2. The van der Waals surface area contributed by atoms with Gasteiger partial charge in [-0.05, 0) is 38.4 Å². The first-order chi connectivity index (χ1) is 10.4. The number of hydrogen-bond donors (Lipinski definition) is 1. The zero-order valence-electron chi connectivity index (χ0n) is 13.1. The minimum absolute atomic E-state index is 0.735. The lowest BCUT2D eigenvalue weighted by Crippen LogP contribution is -2.22. The molecule has 0 saturated carbocycles. The summed E-state index contributed by atoms with van der Waals surface area (Å²) in [5, 5.41) is 3.36. The number of methoxy groups -OCH3 is 1. The average Bonchev–Trinajstić information content (AvgIpc) is 3.03. The Morgan fingerprint density at radius 1 is 1.14 bits per heavy atom. The van der Waals surface area contributed by atoms with E-state index in [1.165, 1.54) is 31.5 Å². The van der Waals surface area contributed by atoms with Crippen LogP contribution >= 0.6 is 0 Å². The first kappa shape index (κ1) is 16.3. The highest BCUT2D eigenvalue weighted by molar-refractivity contribution is 5.33. The van der Waals surface area contributed by atoms with E-state index in [1.54, 1.807) is 7.11 Å². The fourth-order valence-corrected chi connectivity index (χ4v) is 2.66. The predicted molar refractivity (Wildman–Crippen MR) is 85.8 cm³/mol. The maximum absolute atomic E-state index is 5.96. The summed E-state index contributed by atoms with van der Waals surface area (Å²) in [5.41, 5.74) is 1.22. The van der Waals surface area contributed by atoms with E-state index in [-0.39, 0.29) is 0 Å². The monoisotopic (exact) mass is 292 g/mol. The summed E-state index contributed by atoms with van der Waals surface area (Å²) < 4.78 is 11.0. The number of para-hydroxylation sites is 1. The number of likely N-dealkylation sites (tertiary alicyclic amines) is 1. The highest BCUT2D eigenvalue weighted by atomic mass is 16.5. The van der Waals surface area contributed by atoms with Gasteiger partial charge in [0.05, 0.1) is 13.2 Å². The maximum Gasteiger partial charge on any atom is 0.123 e. The standard InChI is InChI=1S/C17H28N2O2/c1-20-14-9-18-15-16-7-2-3-8-17(16)21-13-6-12-19-10-4-5-11-19/h2-3,7-8,18H,4-6,9-15H2,1H3. The Hall–Kier alpha value is -1.10. The van der Waals surface area contributed by atoms with E-state index in [0.29, 0.717) is 0 Å². The Bertz CT molecular complexity index is 392. The Labute approximate surface area is 128 Å². The van der Waals surface area contributed by atoms with Gasteiger partial charge in [0.15, 0.2) is 0 Å². The van der Waals surface area contributed by atoms with Crippen molar-refractivity contribution in [3.63, 3.8) is 0 Å². The number of nitrogens with zero attached hydrogens (tertiary/aromatic N) is 1. The van der Waals surface area contributed by atoms with Gasteiger partial charge in [-0.1, -0.05) is 18.2 Å². The second-order valence-corrected chi connectivity index (χ2v) is 5.53. The molecule has 21 heavy (non-hydrogen) atoms.